The third-order valence-electron chi connectivity index (χ3n) is 2.09. The Bertz CT molecular complexity index is 433. The predicted molar refractivity (Wildman–Crippen MR) is 64.8 cm³/mol. The third-order valence-corrected chi connectivity index (χ3v) is 2.09. The molecule has 0 saturated heterocycles. The van der Waals surface area contributed by atoms with Gasteiger partial charge in [-0.25, -0.2) is 4.79 Å². The molecule has 0 aliphatic rings. The van der Waals surface area contributed by atoms with Crippen molar-refractivity contribution in [2.75, 3.05) is 0 Å². The Morgan fingerprint density at radius 1 is 1.24 bits per heavy atom. The van der Waals surface area contributed by atoms with E-state index in [2.05, 4.69) is 5.32 Å². The van der Waals surface area contributed by atoms with Crippen molar-refractivity contribution in [3.8, 4) is 0 Å². The van der Waals surface area contributed by atoms with Crippen LogP contribution in [-0.2, 0) is 4.79 Å². The highest BCUT2D eigenvalue weighted by molar-refractivity contribution is 5.97. The van der Waals surface area contributed by atoms with E-state index in [1.807, 2.05) is 0 Å². The molecule has 0 aromatic heterocycles. The molecular formula is C13H15NO3. The maximum atomic E-state index is 11.7. The highest BCUT2D eigenvalue weighted by atomic mass is 16.4. The molecule has 1 rings (SSSR count). The number of carboxylic acids is 1. The van der Waals surface area contributed by atoms with E-state index in [1.54, 1.807) is 44.2 Å². The number of allylic oxidation sites excluding steroid dienone is 1. The van der Waals surface area contributed by atoms with Gasteiger partial charge in [0.2, 0.25) is 0 Å². The molecule has 90 valence electrons. The lowest BCUT2D eigenvalue weighted by Crippen LogP contribution is -2.39. The fraction of sp³-hybridized carbons (Fsp3) is 0.231. The molecule has 1 amide bonds. The molecule has 1 aromatic carbocycles. The van der Waals surface area contributed by atoms with Crippen molar-refractivity contribution in [1.29, 1.82) is 0 Å². The number of nitrogens with one attached hydrogen (secondary N) is 1. The van der Waals surface area contributed by atoms with Gasteiger partial charge in [0, 0.05) is 5.56 Å². The van der Waals surface area contributed by atoms with Gasteiger partial charge in [-0.3, -0.25) is 4.79 Å². The first kappa shape index (κ1) is 13.0. The zero-order valence-corrected chi connectivity index (χ0v) is 9.81. The monoisotopic (exact) mass is 233 g/mol. The first-order chi connectivity index (χ1) is 8.00. The number of carboxylic acid groups (broad SMARTS) is 1. The van der Waals surface area contributed by atoms with Crippen molar-refractivity contribution in [3.63, 3.8) is 0 Å². The fourth-order valence-electron chi connectivity index (χ4n) is 1.32. The summed E-state index contributed by atoms with van der Waals surface area (Å²) in [5, 5.41) is 11.4. The molecule has 0 aliphatic heterocycles. The zero-order chi connectivity index (χ0) is 12.8. The largest absolute Gasteiger partial charge is 0.479 e. The second kappa shape index (κ2) is 5.84. The Morgan fingerprint density at radius 2 is 1.82 bits per heavy atom. The van der Waals surface area contributed by atoms with Crippen molar-refractivity contribution >= 4 is 11.9 Å². The van der Waals surface area contributed by atoms with Crippen LogP contribution in [0.25, 0.3) is 0 Å². The van der Waals surface area contributed by atoms with Crippen LogP contribution < -0.4 is 5.32 Å². The average Bonchev–Trinajstić information content (AvgIpc) is 2.28. The van der Waals surface area contributed by atoms with Crippen LogP contribution in [0.3, 0.4) is 0 Å². The van der Waals surface area contributed by atoms with Gasteiger partial charge in [0.05, 0.1) is 0 Å². The Balaban J connectivity index is 2.79. The van der Waals surface area contributed by atoms with Gasteiger partial charge >= 0.3 is 5.97 Å². The molecule has 4 heteroatoms. The van der Waals surface area contributed by atoms with Crippen LogP contribution in [-0.4, -0.2) is 23.0 Å². The van der Waals surface area contributed by atoms with Crippen LogP contribution in [0.5, 0.6) is 0 Å². The first-order valence-corrected chi connectivity index (χ1v) is 5.24. The average molecular weight is 233 g/mol. The SMILES string of the molecule is CC(C)=CC(NC(=O)c1ccccc1)C(=O)O. The van der Waals surface area contributed by atoms with E-state index in [4.69, 9.17) is 5.11 Å². The highest BCUT2D eigenvalue weighted by Crippen LogP contribution is 2.01. The van der Waals surface area contributed by atoms with E-state index in [1.165, 1.54) is 6.08 Å². The van der Waals surface area contributed by atoms with Crippen molar-refractivity contribution in [1.82, 2.24) is 5.32 Å². The van der Waals surface area contributed by atoms with E-state index >= 15 is 0 Å². The molecule has 0 aliphatic carbocycles. The van der Waals surface area contributed by atoms with Gasteiger partial charge in [-0.05, 0) is 26.0 Å². The highest BCUT2D eigenvalue weighted by Gasteiger charge is 2.17. The molecule has 0 fully saturated rings. The van der Waals surface area contributed by atoms with E-state index in [0.717, 1.165) is 5.57 Å². The summed E-state index contributed by atoms with van der Waals surface area (Å²) in [5.41, 5.74) is 1.28. The van der Waals surface area contributed by atoms with Crippen LogP contribution in [0.2, 0.25) is 0 Å². The molecule has 17 heavy (non-hydrogen) atoms. The lowest BCUT2D eigenvalue weighted by molar-refractivity contribution is -0.137. The van der Waals surface area contributed by atoms with Gasteiger partial charge in [-0.15, -0.1) is 0 Å². The molecule has 0 heterocycles. The summed E-state index contributed by atoms with van der Waals surface area (Å²) < 4.78 is 0. The van der Waals surface area contributed by atoms with Crippen LogP contribution in [0.1, 0.15) is 24.2 Å². The molecule has 0 bridgehead atoms. The number of rotatable bonds is 4. The second-order valence-electron chi connectivity index (χ2n) is 3.90. The molecule has 1 unspecified atom stereocenters. The number of carbonyl (C=O) groups excluding carboxylic acids is 1. The molecule has 4 nitrogen and oxygen atoms in total. The van der Waals surface area contributed by atoms with Crippen LogP contribution in [0, 0.1) is 0 Å². The molecule has 0 radical (unpaired) electrons. The van der Waals surface area contributed by atoms with E-state index in [0.29, 0.717) is 5.56 Å². The Labute approximate surface area is 100.0 Å². The van der Waals surface area contributed by atoms with E-state index < -0.39 is 17.9 Å². The van der Waals surface area contributed by atoms with Crippen molar-refractivity contribution in [2.45, 2.75) is 19.9 Å². The summed E-state index contributed by atoms with van der Waals surface area (Å²) in [6.45, 7) is 3.56. The van der Waals surface area contributed by atoms with Crippen LogP contribution >= 0.6 is 0 Å². The standard InChI is InChI=1S/C13H15NO3/c1-9(2)8-11(13(16)17)14-12(15)10-6-4-3-5-7-10/h3-8,11H,1-2H3,(H,14,15)(H,16,17). The van der Waals surface area contributed by atoms with E-state index in [-0.39, 0.29) is 0 Å². The lowest BCUT2D eigenvalue weighted by Gasteiger charge is -2.11. The minimum Gasteiger partial charge on any atom is -0.479 e. The van der Waals surface area contributed by atoms with Gasteiger partial charge in [0.25, 0.3) is 5.91 Å². The topological polar surface area (TPSA) is 66.4 Å². The van der Waals surface area contributed by atoms with Crippen LogP contribution in [0.15, 0.2) is 42.0 Å². The third kappa shape index (κ3) is 4.10. The van der Waals surface area contributed by atoms with Gasteiger partial charge in [0.1, 0.15) is 6.04 Å². The summed E-state index contributed by atoms with van der Waals surface area (Å²) in [5.74, 6) is -1.47. The molecular weight excluding hydrogens is 218 g/mol. The quantitative estimate of drug-likeness (QED) is 0.780. The minimum absolute atomic E-state index is 0.393. The maximum Gasteiger partial charge on any atom is 0.330 e. The number of hydrogen-bond acceptors (Lipinski definition) is 2. The summed E-state index contributed by atoms with van der Waals surface area (Å²) in [6.07, 6.45) is 1.50. The lowest BCUT2D eigenvalue weighted by atomic mass is 10.1. The van der Waals surface area contributed by atoms with Crippen LogP contribution in [0.4, 0.5) is 0 Å². The first-order valence-electron chi connectivity index (χ1n) is 5.24. The minimum atomic E-state index is -1.07. The van der Waals surface area contributed by atoms with Gasteiger partial charge in [-0.1, -0.05) is 29.8 Å². The zero-order valence-electron chi connectivity index (χ0n) is 9.81. The number of aliphatic carboxylic acids is 1. The summed E-state index contributed by atoms with van der Waals surface area (Å²) in [4.78, 5) is 22.7. The number of benzene rings is 1. The Hall–Kier alpha value is -2.10. The van der Waals surface area contributed by atoms with Gasteiger partial charge in [0.15, 0.2) is 0 Å². The Morgan fingerprint density at radius 3 is 2.29 bits per heavy atom. The van der Waals surface area contributed by atoms with Crippen molar-refractivity contribution < 1.29 is 14.7 Å². The van der Waals surface area contributed by atoms with E-state index in [9.17, 15) is 9.59 Å². The molecule has 1 atom stereocenters. The summed E-state index contributed by atoms with van der Waals surface area (Å²) in [7, 11) is 0. The normalized spacial score (nSPS) is 11.4. The molecule has 0 saturated carbocycles. The van der Waals surface area contributed by atoms with Gasteiger partial charge < -0.3 is 10.4 Å². The predicted octanol–water partition coefficient (Wildman–Crippen LogP) is 1.84. The van der Waals surface area contributed by atoms with Crippen molar-refractivity contribution in [2.24, 2.45) is 0 Å². The number of carbonyl (C=O) groups is 2. The number of amides is 1. The summed E-state index contributed by atoms with van der Waals surface area (Å²) in [6, 6.07) is 7.53. The smallest absolute Gasteiger partial charge is 0.330 e. The van der Waals surface area contributed by atoms with Crippen molar-refractivity contribution in [3.05, 3.63) is 47.5 Å². The summed E-state index contributed by atoms with van der Waals surface area (Å²) >= 11 is 0. The fourth-order valence-corrected chi connectivity index (χ4v) is 1.32. The van der Waals surface area contributed by atoms with Gasteiger partial charge in [-0.2, -0.15) is 0 Å². The molecule has 0 spiro atoms. The maximum absolute atomic E-state index is 11.7. The number of hydrogen-bond donors (Lipinski definition) is 2. The Kier molecular flexibility index (Phi) is 4.46. The second-order valence-corrected chi connectivity index (χ2v) is 3.90. The molecule has 2 N–H and O–H groups in total. The molecule has 1 aromatic rings.